The van der Waals surface area contributed by atoms with Crippen molar-refractivity contribution in [2.75, 3.05) is 19.8 Å². The first-order chi connectivity index (χ1) is 15.6. The summed E-state index contributed by atoms with van der Waals surface area (Å²) in [6.07, 6.45) is 6.65. The molecule has 2 aliphatic heterocycles. The molecule has 0 aromatic heterocycles. The summed E-state index contributed by atoms with van der Waals surface area (Å²) in [6, 6.07) is -0.106. The summed E-state index contributed by atoms with van der Waals surface area (Å²) in [5.74, 6) is 0.901. The summed E-state index contributed by atoms with van der Waals surface area (Å²) in [4.78, 5) is 29.6. The molecule has 4 fully saturated rings. The van der Waals surface area contributed by atoms with Crippen LogP contribution in [-0.2, 0) is 24.3 Å². The van der Waals surface area contributed by atoms with E-state index in [2.05, 4.69) is 0 Å². The van der Waals surface area contributed by atoms with Crippen molar-refractivity contribution < 1.29 is 27.5 Å². The lowest BCUT2D eigenvalue weighted by atomic mass is 9.69. The number of nitrogens with zero attached hydrogens (tertiary/aromatic N) is 2. The highest BCUT2D eigenvalue weighted by Gasteiger charge is 2.48. The molecule has 2 amide bonds. The van der Waals surface area contributed by atoms with E-state index in [0.717, 1.165) is 44.9 Å². The van der Waals surface area contributed by atoms with Gasteiger partial charge in [-0.1, -0.05) is 0 Å². The van der Waals surface area contributed by atoms with Gasteiger partial charge in [-0.15, -0.1) is 0 Å². The Balaban J connectivity index is 1.46. The van der Waals surface area contributed by atoms with Gasteiger partial charge < -0.3 is 19.3 Å². The van der Waals surface area contributed by atoms with Crippen LogP contribution in [0.15, 0.2) is 0 Å². The number of hydrogen-bond donors (Lipinski definition) is 1. The largest absolute Gasteiger partial charge is 0.446 e. The highest BCUT2D eigenvalue weighted by Crippen LogP contribution is 2.43. The molecule has 0 aromatic rings. The normalized spacial score (nSPS) is 36.2. The lowest BCUT2D eigenvalue weighted by molar-refractivity contribution is -0.143. The molecule has 0 spiro atoms. The monoisotopic (exact) mass is 485 g/mol. The van der Waals surface area contributed by atoms with Gasteiger partial charge in [-0.25, -0.2) is 18.4 Å². The fourth-order valence-corrected chi connectivity index (χ4v) is 7.66. The van der Waals surface area contributed by atoms with Gasteiger partial charge in [0.1, 0.15) is 6.10 Å². The molecule has 10 heteroatoms. The van der Waals surface area contributed by atoms with Crippen LogP contribution in [0.25, 0.3) is 0 Å². The maximum absolute atomic E-state index is 13.3. The molecule has 33 heavy (non-hydrogen) atoms. The van der Waals surface area contributed by atoms with Crippen LogP contribution in [0, 0.1) is 11.8 Å². The second-order valence-corrected chi connectivity index (χ2v) is 12.3. The van der Waals surface area contributed by atoms with Gasteiger partial charge in [0.05, 0.1) is 30.5 Å². The number of amides is 2. The number of primary sulfonamides is 1. The third kappa shape index (κ3) is 5.48. The maximum atomic E-state index is 13.3. The Morgan fingerprint density at radius 1 is 0.939 bits per heavy atom. The highest BCUT2D eigenvalue weighted by atomic mass is 32.2. The number of carbonyl (C=O) groups is 2. The molecule has 4 atom stereocenters. The van der Waals surface area contributed by atoms with E-state index >= 15 is 0 Å². The first-order valence-electron chi connectivity index (χ1n) is 12.5. The van der Waals surface area contributed by atoms with E-state index in [1.807, 2.05) is 16.7 Å². The third-order valence-corrected chi connectivity index (χ3v) is 9.80. The van der Waals surface area contributed by atoms with Gasteiger partial charge in [0, 0.05) is 32.4 Å². The molecule has 2 saturated carbocycles. The topological polar surface area (TPSA) is 119 Å². The quantitative estimate of drug-likeness (QED) is 0.655. The molecule has 188 valence electrons. The zero-order valence-corrected chi connectivity index (χ0v) is 20.7. The van der Waals surface area contributed by atoms with Crippen molar-refractivity contribution in [3.05, 3.63) is 0 Å². The summed E-state index contributed by atoms with van der Waals surface area (Å²) in [5.41, 5.74) is 0. The minimum absolute atomic E-state index is 0.00509. The molecule has 0 bridgehead atoms. The van der Waals surface area contributed by atoms with Crippen LogP contribution in [0.4, 0.5) is 4.79 Å². The van der Waals surface area contributed by atoms with E-state index in [4.69, 9.17) is 14.6 Å². The Bertz CT molecular complexity index is 822. The van der Waals surface area contributed by atoms with Crippen molar-refractivity contribution in [3.8, 4) is 0 Å². The van der Waals surface area contributed by atoms with Crippen molar-refractivity contribution in [1.82, 2.24) is 9.80 Å². The van der Waals surface area contributed by atoms with Gasteiger partial charge in [-0.05, 0) is 63.7 Å². The summed E-state index contributed by atoms with van der Waals surface area (Å²) in [6.45, 7) is 5.33. The molecule has 0 aromatic carbocycles. The molecule has 2 N–H and O–H groups in total. The van der Waals surface area contributed by atoms with Gasteiger partial charge >= 0.3 is 6.09 Å². The van der Waals surface area contributed by atoms with Crippen molar-refractivity contribution in [1.29, 1.82) is 0 Å². The van der Waals surface area contributed by atoms with Crippen molar-refractivity contribution in [2.24, 2.45) is 17.0 Å². The Morgan fingerprint density at radius 3 is 2.18 bits per heavy atom. The lowest BCUT2D eigenvalue weighted by Gasteiger charge is -2.54. The second kappa shape index (κ2) is 10.1. The summed E-state index contributed by atoms with van der Waals surface area (Å²) in [5, 5.41) is 4.94. The Hall–Kier alpha value is -1.39. The minimum atomic E-state index is -3.48. The van der Waals surface area contributed by atoms with Crippen LogP contribution < -0.4 is 5.14 Å². The lowest BCUT2D eigenvalue weighted by Crippen LogP contribution is -2.67. The molecule has 3 unspecified atom stereocenters. The molecule has 2 heterocycles. The van der Waals surface area contributed by atoms with Crippen molar-refractivity contribution >= 4 is 22.0 Å². The summed E-state index contributed by atoms with van der Waals surface area (Å²) >= 11 is 0. The van der Waals surface area contributed by atoms with Crippen LogP contribution >= 0.6 is 0 Å². The van der Waals surface area contributed by atoms with Crippen LogP contribution in [-0.4, -0.2) is 79.5 Å². The number of nitrogens with two attached hydrogens (primary N) is 1. The molecular formula is C23H39N3O6S. The van der Waals surface area contributed by atoms with Gasteiger partial charge in [0.2, 0.25) is 15.9 Å². The minimum Gasteiger partial charge on any atom is -0.446 e. The number of ether oxygens (including phenoxy) is 2. The fraction of sp³-hybridized carbons (Fsp3) is 0.913. The molecule has 9 nitrogen and oxygen atoms in total. The number of carbonyl (C=O) groups excluding carboxylic acids is 2. The zero-order chi connectivity index (χ0) is 23.8. The van der Waals surface area contributed by atoms with E-state index in [1.165, 1.54) is 0 Å². The standard InChI is InChI=1S/C23H39N3O6S/c1-15-14-25(23(28)32-19-9-11-31-12-10-19)22-13-18(5-8-21(22)26(15)16(2)27)17-3-6-20(7-4-17)33(24,29)30/h15,17-22H,3-14H2,1-2H3,(H2,24,29,30)/t15-,17?,18?,20?,21?,22?/m0/s1. The van der Waals surface area contributed by atoms with E-state index in [9.17, 15) is 18.0 Å². The van der Waals surface area contributed by atoms with Crippen LogP contribution in [0.5, 0.6) is 0 Å². The predicted molar refractivity (Wildman–Crippen MR) is 123 cm³/mol. The number of fused-ring (bicyclic) bond motifs is 1. The van der Waals surface area contributed by atoms with Gasteiger partial charge in [-0.2, -0.15) is 0 Å². The summed E-state index contributed by atoms with van der Waals surface area (Å²) < 4.78 is 34.8. The van der Waals surface area contributed by atoms with Crippen LogP contribution in [0.1, 0.15) is 71.6 Å². The smallest absolute Gasteiger partial charge is 0.410 e. The second-order valence-electron chi connectivity index (χ2n) is 10.5. The third-order valence-electron chi connectivity index (χ3n) is 8.40. The fourth-order valence-electron chi connectivity index (χ4n) is 6.73. The van der Waals surface area contributed by atoms with E-state index < -0.39 is 15.3 Å². The zero-order valence-electron chi connectivity index (χ0n) is 19.9. The Kier molecular flexibility index (Phi) is 7.55. The van der Waals surface area contributed by atoms with Gasteiger partial charge in [0.25, 0.3) is 0 Å². The number of sulfonamides is 1. The SMILES string of the molecule is CC(=O)N1C2CCC(C3CCC(S(N)(=O)=O)CC3)CC2N(C(=O)OC2CCOCC2)C[C@@H]1C. The van der Waals surface area contributed by atoms with E-state index in [1.54, 1.807) is 6.92 Å². The van der Waals surface area contributed by atoms with E-state index in [-0.39, 0.29) is 36.2 Å². The molecule has 4 rings (SSSR count). The van der Waals surface area contributed by atoms with Gasteiger partial charge in [0.15, 0.2) is 0 Å². The molecule has 4 aliphatic rings. The highest BCUT2D eigenvalue weighted by molar-refractivity contribution is 7.89. The molecule has 2 saturated heterocycles. The van der Waals surface area contributed by atoms with Crippen LogP contribution in [0.3, 0.4) is 0 Å². The number of piperazine rings is 1. The van der Waals surface area contributed by atoms with Crippen molar-refractivity contribution in [2.45, 2.75) is 101 Å². The van der Waals surface area contributed by atoms with Crippen molar-refractivity contribution in [3.63, 3.8) is 0 Å². The first-order valence-corrected chi connectivity index (χ1v) is 14.1. The Morgan fingerprint density at radius 2 is 1.58 bits per heavy atom. The average molecular weight is 486 g/mol. The van der Waals surface area contributed by atoms with Crippen LogP contribution in [0.2, 0.25) is 0 Å². The summed E-state index contributed by atoms with van der Waals surface area (Å²) in [7, 11) is -3.48. The molecular weight excluding hydrogens is 446 g/mol. The van der Waals surface area contributed by atoms with Gasteiger partial charge in [-0.3, -0.25) is 4.79 Å². The molecule has 2 aliphatic carbocycles. The maximum Gasteiger partial charge on any atom is 0.410 e. The average Bonchev–Trinajstić information content (AvgIpc) is 2.78. The number of rotatable bonds is 3. The molecule has 0 radical (unpaired) electrons. The first kappa shape index (κ1) is 24.7. The van der Waals surface area contributed by atoms with E-state index in [0.29, 0.717) is 44.4 Å². The Labute approximate surface area is 197 Å². The predicted octanol–water partition coefficient (Wildman–Crippen LogP) is 2.24. The number of hydrogen-bond acceptors (Lipinski definition) is 6.